The number of nitrogens with one attached hydrogen (secondary N) is 3. The smallest absolute Gasteiger partial charge is 0.258 e. The van der Waals surface area contributed by atoms with Crippen molar-refractivity contribution in [1.29, 1.82) is 0 Å². The summed E-state index contributed by atoms with van der Waals surface area (Å²) in [7, 11) is 0. The molecule has 0 spiro atoms. The molecule has 6 rings (SSSR count). The number of amides is 2. The first-order chi connectivity index (χ1) is 14.4. The lowest BCUT2D eigenvalue weighted by Gasteiger charge is -2.39. The summed E-state index contributed by atoms with van der Waals surface area (Å²) in [5, 5.41) is 6.17. The SMILES string of the molecule is O=C(COc1ccc(Cl)c(F)c1)NC12CC(C1)[C@@H](NC(=O)C1CC(C3CC3)NO1)C2. The van der Waals surface area contributed by atoms with Crippen molar-refractivity contribution in [1.82, 2.24) is 16.1 Å². The van der Waals surface area contributed by atoms with E-state index in [4.69, 9.17) is 21.2 Å². The fourth-order valence-electron chi connectivity index (χ4n) is 5.07. The van der Waals surface area contributed by atoms with Crippen molar-refractivity contribution in [2.24, 2.45) is 11.8 Å². The van der Waals surface area contributed by atoms with Crippen molar-refractivity contribution >= 4 is 23.4 Å². The molecule has 3 atom stereocenters. The van der Waals surface area contributed by atoms with E-state index >= 15 is 0 Å². The van der Waals surface area contributed by atoms with Gasteiger partial charge in [-0.05, 0) is 56.1 Å². The highest BCUT2D eigenvalue weighted by Crippen LogP contribution is 2.52. The molecule has 7 nitrogen and oxygen atoms in total. The van der Waals surface area contributed by atoms with Crippen LogP contribution in [0.25, 0.3) is 0 Å². The van der Waals surface area contributed by atoms with Crippen LogP contribution in [0.5, 0.6) is 5.75 Å². The van der Waals surface area contributed by atoms with Gasteiger partial charge in [-0.25, -0.2) is 4.39 Å². The van der Waals surface area contributed by atoms with E-state index in [2.05, 4.69) is 16.1 Å². The molecular weight excluding hydrogens is 413 g/mol. The van der Waals surface area contributed by atoms with E-state index in [-0.39, 0.29) is 46.8 Å². The number of hydrogen-bond donors (Lipinski definition) is 3. The molecule has 3 N–H and O–H groups in total. The van der Waals surface area contributed by atoms with Gasteiger partial charge in [-0.15, -0.1) is 0 Å². The Balaban J connectivity index is 1.08. The minimum Gasteiger partial charge on any atom is -0.484 e. The molecule has 1 saturated heterocycles. The third kappa shape index (κ3) is 4.00. The Bertz CT molecular complexity index is 859. The van der Waals surface area contributed by atoms with Crippen LogP contribution >= 0.6 is 11.6 Å². The first-order valence-corrected chi connectivity index (χ1v) is 10.9. The first-order valence-electron chi connectivity index (χ1n) is 10.5. The second-order valence-electron chi connectivity index (χ2n) is 9.08. The van der Waals surface area contributed by atoms with Crippen molar-refractivity contribution in [2.45, 2.75) is 62.3 Å². The molecule has 2 amide bonds. The number of rotatable bonds is 7. The van der Waals surface area contributed by atoms with Crippen LogP contribution in [0.2, 0.25) is 5.02 Å². The lowest BCUT2D eigenvalue weighted by Crippen LogP contribution is -2.53. The van der Waals surface area contributed by atoms with E-state index in [0.717, 1.165) is 25.3 Å². The van der Waals surface area contributed by atoms with Crippen LogP contribution in [-0.4, -0.2) is 42.1 Å². The summed E-state index contributed by atoms with van der Waals surface area (Å²) < 4.78 is 18.8. The maximum absolute atomic E-state index is 13.5. The van der Waals surface area contributed by atoms with Gasteiger partial charge < -0.3 is 15.4 Å². The molecule has 5 fully saturated rings. The summed E-state index contributed by atoms with van der Waals surface area (Å²) in [5.41, 5.74) is 2.71. The molecule has 2 bridgehead atoms. The topological polar surface area (TPSA) is 88.7 Å². The molecule has 1 aliphatic heterocycles. The molecule has 4 saturated carbocycles. The third-order valence-electron chi connectivity index (χ3n) is 6.79. The van der Waals surface area contributed by atoms with Gasteiger partial charge in [0.25, 0.3) is 11.8 Å². The maximum Gasteiger partial charge on any atom is 0.258 e. The molecule has 30 heavy (non-hydrogen) atoms. The number of benzene rings is 1. The van der Waals surface area contributed by atoms with Gasteiger partial charge in [-0.3, -0.25) is 14.4 Å². The minimum atomic E-state index is -0.589. The lowest BCUT2D eigenvalue weighted by molar-refractivity contribution is -0.134. The summed E-state index contributed by atoms with van der Waals surface area (Å²) >= 11 is 5.64. The average Bonchev–Trinajstić information content (AvgIpc) is 3.18. The average molecular weight is 438 g/mol. The van der Waals surface area contributed by atoms with Gasteiger partial charge >= 0.3 is 0 Å². The van der Waals surface area contributed by atoms with E-state index in [9.17, 15) is 14.0 Å². The minimum absolute atomic E-state index is 0.00656. The molecule has 2 unspecified atom stereocenters. The largest absolute Gasteiger partial charge is 0.484 e. The maximum atomic E-state index is 13.5. The van der Waals surface area contributed by atoms with Crippen molar-refractivity contribution < 1.29 is 23.6 Å². The van der Waals surface area contributed by atoms with Crippen molar-refractivity contribution in [3.8, 4) is 5.75 Å². The van der Waals surface area contributed by atoms with Gasteiger partial charge in [0.05, 0.1) is 5.02 Å². The monoisotopic (exact) mass is 437 g/mol. The molecule has 1 aromatic rings. The number of halogens is 2. The number of carbonyl (C=O) groups excluding carboxylic acids is 2. The molecule has 0 aromatic heterocycles. The number of hydroxylamine groups is 1. The highest BCUT2D eigenvalue weighted by Gasteiger charge is 2.57. The van der Waals surface area contributed by atoms with Gasteiger partial charge in [-0.1, -0.05) is 11.6 Å². The fraction of sp³-hybridized carbons (Fsp3) is 0.619. The van der Waals surface area contributed by atoms with Crippen LogP contribution < -0.4 is 20.9 Å². The zero-order chi connectivity index (χ0) is 20.9. The number of carbonyl (C=O) groups is 2. The third-order valence-corrected chi connectivity index (χ3v) is 7.10. The summed E-state index contributed by atoms with van der Waals surface area (Å²) in [6, 6.07) is 4.40. The molecule has 162 valence electrons. The molecule has 1 aromatic carbocycles. The van der Waals surface area contributed by atoms with E-state index < -0.39 is 11.9 Å². The van der Waals surface area contributed by atoms with E-state index in [0.29, 0.717) is 18.3 Å². The zero-order valence-electron chi connectivity index (χ0n) is 16.5. The molecule has 5 aliphatic rings. The Hall–Kier alpha value is -1.90. The van der Waals surface area contributed by atoms with Crippen LogP contribution in [0.3, 0.4) is 0 Å². The summed E-state index contributed by atoms with van der Waals surface area (Å²) in [6.45, 7) is -0.200. The predicted octanol–water partition coefficient (Wildman–Crippen LogP) is 2.08. The summed E-state index contributed by atoms with van der Waals surface area (Å²) in [5.74, 6) is 0.349. The van der Waals surface area contributed by atoms with Crippen LogP contribution in [0.15, 0.2) is 18.2 Å². The fourth-order valence-corrected chi connectivity index (χ4v) is 5.19. The highest BCUT2D eigenvalue weighted by molar-refractivity contribution is 6.30. The van der Waals surface area contributed by atoms with Crippen LogP contribution in [0.1, 0.15) is 38.5 Å². The number of fused-ring (bicyclic) bond motifs is 1. The first kappa shape index (κ1) is 20.0. The van der Waals surface area contributed by atoms with Crippen molar-refractivity contribution in [2.75, 3.05) is 6.61 Å². The molecule has 9 heteroatoms. The highest BCUT2D eigenvalue weighted by atomic mass is 35.5. The predicted molar refractivity (Wildman–Crippen MR) is 106 cm³/mol. The van der Waals surface area contributed by atoms with Crippen LogP contribution in [0.4, 0.5) is 4.39 Å². The molecular formula is C21H25ClFN3O4. The van der Waals surface area contributed by atoms with Gasteiger partial charge in [0.15, 0.2) is 12.7 Å². The Morgan fingerprint density at radius 1 is 1.27 bits per heavy atom. The molecule has 0 radical (unpaired) electrons. The standard InChI is InChI=1S/C21H25ClFN3O4/c22-14-4-3-13(5-15(14)23)29-10-19(27)25-21-7-12(8-21)17(9-21)24-20(28)18-6-16(26-30-18)11-1-2-11/h3-5,11-12,16-18,26H,1-2,6-10H2,(H,24,28)(H,25,27)/t12?,16?,17-,18?,21?/m0/s1. The van der Waals surface area contributed by atoms with Crippen molar-refractivity contribution in [3.63, 3.8) is 0 Å². The molecule has 1 heterocycles. The Morgan fingerprint density at radius 3 is 2.80 bits per heavy atom. The van der Waals surface area contributed by atoms with Crippen molar-refractivity contribution in [3.05, 3.63) is 29.0 Å². The van der Waals surface area contributed by atoms with Gasteiger partial charge in [0.2, 0.25) is 0 Å². The summed E-state index contributed by atoms with van der Waals surface area (Å²) in [6.07, 6.45) is 5.08. The molecule has 4 aliphatic carbocycles. The quantitative estimate of drug-likeness (QED) is 0.608. The normalized spacial score (nSPS) is 34.3. The van der Waals surface area contributed by atoms with Crippen LogP contribution in [0, 0.1) is 17.7 Å². The zero-order valence-corrected chi connectivity index (χ0v) is 17.2. The van der Waals surface area contributed by atoms with E-state index in [1.807, 2.05) is 0 Å². The van der Waals surface area contributed by atoms with Crippen LogP contribution in [-0.2, 0) is 14.4 Å². The number of ether oxygens (including phenoxy) is 1. The van der Waals surface area contributed by atoms with Gasteiger partial charge in [0, 0.05) is 30.1 Å². The summed E-state index contributed by atoms with van der Waals surface area (Å²) in [4.78, 5) is 30.4. The Morgan fingerprint density at radius 2 is 2.07 bits per heavy atom. The lowest BCUT2D eigenvalue weighted by atomic mass is 9.76. The van der Waals surface area contributed by atoms with Gasteiger partial charge in [0.1, 0.15) is 11.6 Å². The van der Waals surface area contributed by atoms with E-state index in [1.54, 1.807) is 0 Å². The van der Waals surface area contributed by atoms with Gasteiger partial charge in [-0.2, -0.15) is 5.48 Å². The Labute approximate surface area is 179 Å². The second kappa shape index (κ2) is 7.66. The number of hydrogen-bond acceptors (Lipinski definition) is 5. The second-order valence-corrected chi connectivity index (χ2v) is 9.49. The van der Waals surface area contributed by atoms with E-state index in [1.165, 1.54) is 25.0 Å². The Kier molecular flexibility index (Phi) is 5.11.